The van der Waals surface area contributed by atoms with Gasteiger partial charge in [0.15, 0.2) is 11.5 Å². The Hall–Kier alpha value is -3.93. The number of benzene rings is 2. The molecule has 0 unspecified atom stereocenters. The van der Waals surface area contributed by atoms with Crippen LogP contribution in [0.15, 0.2) is 73.2 Å². The van der Waals surface area contributed by atoms with Gasteiger partial charge in [0.05, 0.1) is 16.9 Å². The number of pyridine rings is 1. The molecule has 0 radical (unpaired) electrons. The van der Waals surface area contributed by atoms with Crippen LogP contribution in [0.1, 0.15) is 0 Å². The maximum absolute atomic E-state index is 9.93. The molecule has 5 rings (SSSR count). The van der Waals surface area contributed by atoms with E-state index in [9.17, 15) is 5.11 Å². The van der Waals surface area contributed by atoms with Crippen molar-refractivity contribution in [3.8, 4) is 28.3 Å². The van der Waals surface area contributed by atoms with E-state index in [4.69, 9.17) is 5.73 Å². The van der Waals surface area contributed by atoms with E-state index in [0.717, 1.165) is 27.7 Å². The Labute approximate surface area is 154 Å². The minimum absolute atomic E-state index is 0.173. The SMILES string of the molecule is Nc1nc(-c2cccc(O)c2)c(-c2ccc3ncccc3c2)n2ccnc12. The van der Waals surface area contributed by atoms with Gasteiger partial charge in [-0.1, -0.05) is 24.3 Å². The monoisotopic (exact) mass is 353 g/mol. The van der Waals surface area contributed by atoms with Crippen LogP contribution in [0, 0.1) is 0 Å². The summed E-state index contributed by atoms with van der Waals surface area (Å²) in [6.07, 6.45) is 5.34. The van der Waals surface area contributed by atoms with Crippen molar-refractivity contribution in [2.24, 2.45) is 0 Å². The molecule has 0 aliphatic carbocycles. The van der Waals surface area contributed by atoms with Gasteiger partial charge in [-0.05, 0) is 30.3 Å². The number of aromatic hydroxyl groups is 1. The Morgan fingerprint density at radius 2 is 1.81 bits per heavy atom. The molecule has 0 amide bonds. The van der Waals surface area contributed by atoms with E-state index in [0.29, 0.717) is 17.2 Å². The van der Waals surface area contributed by atoms with Gasteiger partial charge in [0.25, 0.3) is 0 Å². The van der Waals surface area contributed by atoms with Gasteiger partial charge < -0.3 is 10.8 Å². The highest BCUT2D eigenvalue weighted by molar-refractivity contribution is 5.89. The number of phenolic OH excluding ortho intramolecular Hbond substituents is 1. The van der Waals surface area contributed by atoms with Gasteiger partial charge in [-0.3, -0.25) is 9.38 Å². The quantitative estimate of drug-likeness (QED) is 0.502. The van der Waals surface area contributed by atoms with E-state index in [-0.39, 0.29) is 5.75 Å². The molecule has 6 nitrogen and oxygen atoms in total. The molecule has 0 spiro atoms. The van der Waals surface area contributed by atoms with Crippen molar-refractivity contribution in [1.29, 1.82) is 0 Å². The van der Waals surface area contributed by atoms with Crippen LogP contribution in [-0.4, -0.2) is 24.5 Å². The number of nitrogen functional groups attached to an aromatic ring is 1. The number of nitrogens with two attached hydrogens (primary N) is 1. The molecule has 0 aliphatic rings. The van der Waals surface area contributed by atoms with Gasteiger partial charge in [-0.2, -0.15) is 0 Å². The summed E-state index contributed by atoms with van der Waals surface area (Å²) < 4.78 is 1.93. The zero-order chi connectivity index (χ0) is 18.4. The van der Waals surface area contributed by atoms with E-state index in [1.165, 1.54) is 0 Å². The number of hydrogen-bond donors (Lipinski definition) is 2. The van der Waals surface area contributed by atoms with Crippen LogP contribution in [0.25, 0.3) is 39.1 Å². The fourth-order valence-electron chi connectivity index (χ4n) is 3.36. The summed E-state index contributed by atoms with van der Waals surface area (Å²) in [5.41, 5.74) is 10.9. The number of imidazole rings is 1. The van der Waals surface area contributed by atoms with Crippen molar-refractivity contribution in [1.82, 2.24) is 19.4 Å². The second-order valence-electron chi connectivity index (χ2n) is 6.28. The van der Waals surface area contributed by atoms with Crippen LogP contribution in [0.2, 0.25) is 0 Å². The van der Waals surface area contributed by atoms with Crippen LogP contribution < -0.4 is 5.73 Å². The third-order valence-corrected chi connectivity index (χ3v) is 4.56. The molecule has 0 aliphatic heterocycles. The molecule has 3 aromatic heterocycles. The van der Waals surface area contributed by atoms with Crippen LogP contribution >= 0.6 is 0 Å². The van der Waals surface area contributed by atoms with Crippen LogP contribution in [0.5, 0.6) is 5.75 Å². The number of nitrogens with zero attached hydrogens (tertiary/aromatic N) is 4. The third kappa shape index (κ3) is 2.46. The van der Waals surface area contributed by atoms with E-state index in [2.05, 4.69) is 21.0 Å². The van der Waals surface area contributed by atoms with E-state index in [1.807, 2.05) is 40.9 Å². The highest BCUT2D eigenvalue weighted by atomic mass is 16.3. The Balaban J connectivity index is 1.87. The van der Waals surface area contributed by atoms with E-state index >= 15 is 0 Å². The van der Waals surface area contributed by atoms with Gasteiger partial charge in [0, 0.05) is 35.1 Å². The van der Waals surface area contributed by atoms with Crippen molar-refractivity contribution < 1.29 is 5.11 Å². The summed E-state index contributed by atoms with van der Waals surface area (Å²) in [6, 6.07) is 17.0. The summed E-state index contributed by atoms with van der Waals surface area (Å²) in [5.74, 6) is 0.511. The zero-order valence-corrected chi connectivity index (χ0v) is 14.2. The minimum Gasteiger partial charge on any atom is -0.508 e. The lowest BCUT2D eigenvalue weighted by molar-refractivity contribution is 0.475. The van der Waals surface area contributed by atoms with Crippen molar-refractivity contribution in [2.75, 3.05) is 5.73 Å². The standard InChI is InChI=1S/C21H15N5O/c22-20-21-24-9-10-26(21)19(18(25-20)14-3-1-5-16(27)12-14)15-6-7-17-13(11-15)4-2-8-23-17/h1-12,27H,(H2,22,25). The average Bonchev–Trinajstić information content (AvgIpc) is 3.18. The first-order chi connectivity index (χ1) is 13.2. The van der Waals surface area contributed by atoms with E-state index in [1.54, 1.807) is 30.6 Å². The maximum atomic E-state index is 9.93. The molecular formula is C21H15N5O. The molecule has 27 heavy (non-hydrogen) atoms. The number of rotatable bonds is 2. The lowest BCUT2D eigenvalue weighted by Crippen LogP contribution is -2.03. The predicted molar refractivity (Wildman–Crippen MR) is 105 cm³/mol. The fraction of sp³-hybridized carbons (Fsp3) is 0. The lowest BCUT2D eigenvalue weighted by Gasteiger charge is -2.14. The van der Waals surface area contributed by atoms with Crippen LogP contribution in [0.4, 0.5) is 5.82 Å². The maximum Gasteiger partial charge on any atom is 0.180 e. The zero-order valence-electron chi connectivity index (χ0n) is 14.2. The molecule has 0 fully saturated rings. The molecule has 3 heterocycles. The van der Waals surface area contributed by atoms with Gasteiger partial charge in [0.2, 0.25) is 0 Å². The Morgan fingerprint density at radius 3 is 2.70 bits per heavy atom. The predicted octanol–water partition coefficient (Wildman–Crippen LogP) is 3.90. The second kappa shape index (κ2) is 5.81. The Morgan fingerprint density at radius 1 is 0.889 bits per heavy atom. The first-order valence-electron chi connectivity index (χ1n) is 8.48. The van der Waals surface area contributed by atoms with Gasteiger partial charge in [-0.15, -0.1) is 0 Å². The second-order valence-corrected chi connectivity index (χ2v) is 6.28. The van der Waals surface area contributed by atoms with Crippen molar-refractivity contribution in [2.45, 2.75) is 0 Å². The van der Waals surface area contributed by atoms with E-state index < -0.39 is 0 Å². The van der Waals surface area contributed by atoms with Gasteiger partial charge in [0.1, 0.15) is 5.75 Å². The molecule has 0 saturated heterocycles. The fourth-order valence-corrected chi connectivity index (χ4v) is 3.36. The third-order valence-electron chi connectivity index (χ3n) is 4.56. The summed E-state index contributed by atoms with van der Waals surface area (Å²) in [5, 5.41) is 11.0. The van der Waals surface area contributed by atoms with Crippen molar-refractivity contribution in [3.05, 3.63) is 73.2 Å². The number of anilines is 1. The van der Waals surface area contributed by atoms with Crippen LogP contribution in [-0.2, 0) is 0 Å². The number of hydrogen-bond acceptors (Lipinski definition) is 5. The largest absolute Gasteiger partial charge is 0.508 e. The normalized spacial score (nSPS) is 11.3. The van der Waals surface area contributed by atoms with Crippen molar-refractivity contribution >= 4 is 22.4 Å². The number of phenols is 1. The number of fused-ring (bicyclic) bond motifs is 2. The molecule has 3 N–H and O–H groups in total. The molecule has 6 heteroatoms. The summed E-state index contributed by atoms with van der Waals surface area (Å²) in [4.78, 5) is 13.3. The molecule has 5 aromatic rings. The van der Waals surface area contributed by atoms with Crippen molar-refractivity contribution in [3.63, 3.8) is 0 Å². The number of aromatic nitrogens is 4. The lowest BCUT2D eigenvalue weighted by atomic mass is 10.0. The molecular weight excluding hydrogens is 338 g/mol. The average molecular weight is 353 g/mol. The topological polar surface area (TPSA) is 89.3 Å². The van der Waals surface area contributed by atoms with Gasteiger partial charge >= 0.3 is 0 Å². The van der Waals surface area contributed by atoms with Crippen LogP contribution in [0.3, 0.4) is 0 Å². The first kappa shape index (κ1) is 15.3. The molecule has 0 bridgehead atoms. The molecule has 130 valence electrons. The Bertz CT molecular complexity index is 1310. The van der Waals surface area contributed by atoms with Gasteiger partial charge in [-0.25, -0.2) is 9.97 Å². The smallest absolute Gasteiger partial charge is 0.180 e. The first-order valence-corrected chi connectivity index (χ1v) is 8.48. The Kier molecular flexibility index (Phi) is 3.30. The molecule has 0 saturated carbocycles. The summed E-state index contributed by atoms with van der Waals surface area (Å²) in [7, 11) is 0. The molecule has 0 atom stereocenters. The summed E-state index contributed by atoms with van der Waals surface area (Å²) >= 11 is 0. The highest BCUT2D eigenvalue weighted by Gasteiger charge is 2.17. The summed E-state index contributed by atoms with van der Waals surface area (Å²) in [6.45, 7) is 0. The molecule has 2 aromatic carbocycles. The highest BCUT2D eigenvalue weighted by Crippen LogP contribution is 2.35. The minimum atomic E-state index is 0.173.